The topological polar surface area (TPSA) is 81.1 Å². The van der Waals surface area contributed by atoms with Crippen LogP contribution < -0.4 is 16.8 Å². The third-order valence-corrected chi connectivity index (χ3v) is 2.36. The Morgan fingerprint density at radius 3 is 2.50 bits per heavy atom. The van der Waals surface area contributed by atoms with Crippen molar-refractivity contribution in [2.75, 3.05) is 18.4 Å². The second-order valence-electron chi connectivity index (χ2n) is 3.88. The SMILES string of the molecule is NCC#Cc1ccc(NC(=O)CCCCN)cc1. The summed E-state index contributed by atoms with van der Waals surface area (Å²) in [5.74, 6) is 5.72. The summed E-state index contributed by atoms with van der Waals surface area (Å²) in [6.07, 6.45) is 2.20. The van der Waals surface area contributed by atoms with Crippen molar-refractivity contribution in [3.8, 4) is 11.8 Å². The summed E-state index contributed by atoms with van der Waals surface area (Å²) < 4.78 is 0. The van der Waals surface area contributed by atoms with E-state index in [0.717, 1.165) is 24.1 Å². The van der Waals surface area contributed by atoms with E-state index in [2.05, 4.69) is 17.2 Å². The van der Waals surface area contributed by atoms with Gasteiger partial charge in [-0.1, -0.05) is 11.8 Å². The number of carbonyl (C=O) groups excluding carboxylic acids is 1. The normalized spacial score (nSPS) is 9.44. The molecule has 0 saturated heterocycles. The number of benzene rings is 1. The smallest absolute Gasteiger partial charge is 0.224 e. The number of carbonyl (C=O) groups is 1. The summed E-state index contributed by atoms with van der Waals surface area (Å²) in [6.45, 7) is 0.974. The number of nitrogens with two attached hydrogens (primary N) is 2. The Kier molecular flexibility index (Phi) is 6.55. The molecule has 0 bridgehead atoms. The van der Waals surface area contributed by atoms with Gasteiger partial charge in [0.1, 0.15) is 0 Å². The molecule has 96 valence electrons. The predicted octanol–water partition coefficient (Wildman–Crippen LogP) is 1.06. The van der Waals surface area contributed by atoms with Crippen molar-refractivity contribution in [2.24, 2.45) is 11.5 Å². The Morgan fingerprint density at radius 2 is 1.89 bits per heavy atom. The lowest BCUT2D eigenvalue weighted by Crippen LogP contribution is -2.11. The van der Waals surface area contributed by atoms with E-state index in [1.165, 1.54) is 0 Å². The van der Waals surface area contributed by atoms with E-state index in [0.29, 0.717) is 19.5 Å². The van der Waals surface area contributed by atoms with Crippen LogP contribution in [0.5, 0.6) is 0 Å². The minimum atomic E-state index is 0.0178. The van der Waals surface area contributed by atoms with Gasteiger partial charge in [-0.05, 0) is 43.7 Å². The number of hydrogen-bond acceptors (Lipinski definition) is 3. The van der Waals surface area contributed by atoms with Crippen molar-refractivity contribution < 1.29 is 4.79 Å². The van der Waals surface area contributed by atoms with E-state index in [9.17, 15) is 4.79 Å². The first kappa shape index (κ1) is 14.2. The zero-order valence-corrected chi connectivity index (χ0v) is 10.4. The summed E-state index contributed by atoms with van der Waals surface area (Å²) in [4.78, 5) is 11.5. The molecule has 18 heavy (non-hydrogen) atoms. The molecule has 1 amide bonds. The average Bonchev–Trinajstić information content (AvgIpc) is 2.38. The van der Waals surface area contributed by atoms with Gasteiger partial charge < -0.3 is 16.8 Å². The molecule has 1 aromatic rings. The molecule has 0 aromatic heterocycles. The fraction of sp³-hybridized carbons (Fsp3) is 0.357. The molecule has 0 fully saturated rings. The summed E-state index contributed by atoms with van der Waals surface area (Å²) in [6, 6.07) is 7.39. The lowest BCUT2D eigenvalue weighted by atomic mass is 10.2. The molecule has 4 nitrogen and oxygen atoms in total. The van der Waals surface area contributed by atoms with Crippen LogP contribution in [0.4, 0.5) is 5.69 Å². The van der Waals surface area contributed by atoms with Gasteiger partial charge >= 0.3 is 0 Å². The van der Waals surface area contributed by atoms with E-state index in [-0.39, 0.29) is 5.91 Å². The van der Waals surface area contributed by atoms with E-state index in [4.69, 9.17) is 11.5 Å². The van der Waals surface area contributed by atoms with Crippen LogP contribution in [0, 0.1) is 11.8 Å². The Morgan fingerprint density at radius 1 is 1.17 bits per heavy atom. The minimum Gasteiger partial charge on any atom is -0.330 e. The largest absolute Gasteiger partial charge is 0.330 e. The van der Waals surface area contributed by atoms with Crippen molar-refractivity contribution in [2.45, 2.75) is 19.3 Å². The molecule has 0 heterocycles. The van der Waals surface area contributed by atoms with E-state index in [1.807, 2.05) is 24.3 Å². The second kappa shape index (κ2) is 8.29. The molecule has 0 spiro atoms. The standard InChI is InChI=1S/C14H19N3O/c15-10-2-1-5-14(18)17-13-8-6-12(7-9-13)4-3-11-16/h6-9H,1-2,5,10-11,15-16H2,(H,17,18). The van der Waals surface area contributed by atoms with Crippen LogP contribution in [0.25, 0.3) is 0 Å². The van der Waals surface area contributed by atoms with Gasteiger partial charge in [0.05, 0.1) is 6.54 Å². The molecule has 0 aliphatic carbocycles. The highest BCUT2D eigenvalue weighted by molar-refractivity contribution is 5.90. The summed E-state index contributed by atoms with van der Waals surface area (Å²) in [5, 5.41) is 2.83. The van der Waals surface area contributed by atoms with Gasteiger partial charge in [-0.2, -0.15) is 0 Å². The first-order chi connectivity index (χ1) is 8.76. The molecule has 0 radical (unpaired) electrons. The van der Waals surface area contributed by atoms with Crippen LogP contribution in [0.2, 0.25) is 0 Å². The maximum atomic E-state index is 11.5. The van der Waals surface area contributed by atoms with E-state index < -0.39 is 0 Å². The van der Waals surface area contributed by atoms with Crippen LogP contribution >= 0.6 is 0 Å². The first-order valence-electron chi connectivity index (χ1n) is 6.05. The fourth-order valence-corrected chi connectivity index (χ4v) is 1.44. The van der Waals surface area contributed by atoms with Crippen LogP contribution in [0.15, 0.2) is 24.3 Å². The van der Waals surface area contributed by atoms with Gasteiger partial charge in [0.2, 0.25) is 5.91 Å². The van der Waals surface area contributed by atoms with Crippen molar-refractivity contribution in [3.63, 3.8) is 0 Å². The predicted molar refractivity (Wildman–Crippen MR) is 73.9 cm³/mol. The third kappa shape index (κ3) is 5.48. The molecule has 0 aliphatic rings. The zero-order chi connectivity index (χ0) is 13.2. The van der Waals surface area contributed by atoms with E-state index >= 15 is 0 Å². The Labute approximate surface area is 108 Å². The van der Waals surface area contributed by atoms with Crippen molar-refractivity contribution >= 4 is 11.6 Å². The molecular weight excluding hydrogens is 226 g/mol. The Balaban J connectivity index is 2.45. The quantitative estimate of drug-likeness (QED) is 0.536. The van der Waals surface area contributed by atoms with E-state index in [1.54, 1.807) is 0 Å². The summed E-state index contributed by atoms with van der Waals surface area (Å²) >= 11 is 0. The van der Waals surface area contributed by atoms with Gasteiger partial charge in [-0.25, -0.2) is 0 Å². The van der Waals surface area contributed by atoms with Gasteiger partial charge in [0.25, 0.3) is 0 Å². The van der Waals surface area contributed by atoms with Gasteiger partial charge in [-0.3, -0.25) is 4.79 Å². The van der Waals surface area contributed by atoms with Gasteiger partial charge in [0, 0.05) is 17.7 Å². The Bertz CT molecular complexity index is 429. The summed E-state index contributed by atoms with van der Waals surface area (Å²) in [5.41, 5.74) is 12.3. The van der Waals surface area contributed by atoms with Crippen LogP contribution in [-0.2, 0) is 4.79 Å². The number of unbranched alkanes of at least 4 members (excludes halogenated alkanes) is 1. The molecule has 4 heteroatoms. The van der Waals surface area contributed by atoms with Gasteiger partial charge in [0.15, 0.2) is 0 Å². The maximum absolute atomic E-state index is 11.5. The monoisotopic (exact) mass is 245 g/mol. The molecule has 0 saturated carbocycles. The highest BCUT2D eigenvalue weighted by atomic mass is 16.1. The fourth-order valence-electron chi connectivity index (χ4n) is 1.44. The van der Waals surface area contributed by atoms with Crippen molar-refractivity contribution in [3.05, 3.63) is 29.8 Å². The number of rotatable bonds is 5. The molecular formula is C14H19N3O. The average molecular weight is 245 g/mol. The Hall–Kier alpha value is -1.83. The second-order valence-corrected chi connectivity index (χ2v) is 3.88. The number of hydrogen-bond donors (Lipinski definition) is 3. The molecule has 0 unspecified atom stereocenters. The molecule has 0 atom stereocenters. The zero-order valence-electron chi connectivity index (χ0n) is 10.4. The number of nitrogens with one attached hydrogen (secondary N) is 1. The van der Waals surface area contributed by atoms with Gasteiger partial charge in [-0.15, -0.1) is 0 Å². The number of anilines is 1. The van der Waals surface area contributed by atoms with Crippen LogP contribution in [-0.4, -0.2) is 19.0 Å². The van der Waals surface area contributed by atoms with Crippen LogP contribution in [0.3, 0.4) is 0 Å². The van der Waals surface area contributed by atoms with Crippen molar-refractivity contribution in [1.29, 1.82) is 0 Å². The number of amides is 1. The molecule has 0 aliphatic heterocycles. The maximum Gasteiger partial charge on any atom is 0.224 e. The lowest BCUT2D eigenvalue weighted by Gasteiger charge is -2.04. The lowest BCUT2D eigenvalue weighted by molar-refractivity contribution is -0.116. The molecule has 5 N–H and O–H groups in total. The third-order valence-electron chi connectivity index (χ3n) is 2.36. The highest BCUT2D eigenvalue weighted by Crippen LogP contribution is 2.09. The highest BCUT2D eigenvalue weighted by Gasteiger charge is 2.01. The summed E-state index contributed by atoms with van der Waals surface area (Å²) in [7, 11) is 0. The first-order valence-corrected chi connectivity index (χ1v) is 6.05. The molecule has 1 aromatic carbocycles. The van der Waals surface area contributed by atoms with Crippen molar-refractivity contribution in [1.82, 2.24) is 0 Å². The molecule has 1 rings (SSSR count). The minimum absolute atomic E-state index is 0.0178. The van der Waals surface area contributed by atoms with Crippen LogP contribution in [0.1, 0.15) is 24.8 Å².